The van der Waals surface area contributed by atoms with Gasteiger partial charge < -0.3 is 10.1 Å². The molecule has 0 aromatic rings. The molecule has 0 spiro atoms. The van der Waals surface area contributed by atoms with Crippen molar-refractivity contribution in [3.8, 4) is 0 Å². The number of nitrogens with one attached hydrogen (secondary N) is 1. The van der Waals surface area contributed by atoms with E-state index in [4.69, 9.17) is 0 Å². The van der Waals surface area contributed by atoms with Gasteiger partial charge in [0.05, 0.1) is 7.11 Å². The summed E-state index contributed by atoms with van der Waals surface area (Å²) in [5.74, 6) is 0.733. The first-order chi connectivity index (χ1) is 5.81. The summed E-state index contributed by atoms with van der Waals surface area (Å²) in [5.41, 5.74) is 0. The number of ether oxygens (including phenoxy) is 1. The Morgan fingerprint density at radius 3 is 2.58 bits per heavy atom. The van der Waals surface area contributed by atoms with Gasteiger partial charge in [-0.1, -0.05) is 6.42 Å². The molecule has 2 aliphatic rings. The lowest BCUT2D eigenvalue weighted by Crippen LogP contribution is -2.60. The lowest BCUT2D eigenvalue weighted by molar-refractivity contribution is -0.146. The van der Waals surface area contributed by atoms with Crippen molar-refractivity contribution in [1.29, 1.82) is 0 Å². The molecule has 2 unspecified atom stereocenters. The quantitative estimate of drug-likeness (QED) is 0.618. The normalized spacial score (nSPS) is 35.1. The van der Waals surface area contributed by atoms with Crippen LogP contribution >= 0.6 is 0 Å². The molecule has 1 aliphatic carbocycles. The standard InChI is InChI=1S/C9H15NO2/c1-12-9(11)8-5-7(10-8)6-3-2-4-6/h6-8,10H,2-5H2,1H3. The zero-order valence-electron chi connectivity index (χ0n) is 7.38. The Morgan fingerprint density at radius 1 is 1.50 bits per heavy atom. The number of rotatable bonds is 2. The van der Waals surface area contributed by atoms with E-state index in [1.807, 2.05) is 0 Å². The summed E-state index contributed by atoms with van der Waals surface area (Å²) in [5, 5.41) is 3.26. The van der Waals surface area contributed by atoms with Crippen molar-refractivity contribution in [2.24, 2.45) is 5.92 Å². The van der Waals surface area contributed by atoms with Crippen LogP contribution in [-0.2, 0) is 9.53 Å². The maximum absolute atomic E-state index is 11.0. The second-order valence-electron chi connectivity index (χ2n) is 3.78. The molecule has 1 aliphatic heterocycles. The average Bonchev–Trinajstić information content (AvgIpc) is 1.90. The second kappa shape index (κ2) is 3.05. The van der Waals surface area contributed by atoms with E-state index < -0.39 is 0 Å². The molecule has 2 atom stereocenters. The van der Waals surface area contributed by atoms with Crippen LogP contribution in [0.25, 0.3) is 0 Å². The van der Waals surface area contributed by atoms with Gasteiger partial charge in [-0.05, 0) is 25.2 Å². The SMILES string of the molecule is COC(=O)C1CC(C2CCC2)N1. The van der Waals surface area contributed by atoms with Gasteiger partial charge in [0.25, 0.3) is 0 Å². The van der Waals surface area contributed by atoms with E-state index in [-0.39, 0.29) is 12.0 Å². The van der Waals surface area contributed by atoms with Crippen molar-refractivity contribution < 1.29 is 9.53 Å². The Labute approximate surface area is 72.5 Å². The molecule has 1 saturated heterocycles. The van der Waals surface area contributed by atoms with Gasteiger partial charge in [0, 0.05) is 6.04 Å². The molecule has 12 heavy (non-hydrogen) atoms. The molecule has 0 aromatic carbocycles. The van der Waals surface area contributed by atoms with Crippen LogP contribution in [-0.4, -0.2) is 25.2 Å². The predicted molar refractivity (Wildman–Crippen MR) is 44.7 cm³/mol. The van der Waals surface area contributed by atoms with E-state index in [0.29, 0.717) is 6.04 Å². The zero-order valence-corrected chi connectivity index (χ0v) is 7.38. The van der Waals surface area contributed by atoms with Gasteiger partial charge in [-0.3, -0.25) is 4.79 Å². The fourth-order valence-electron chi connectivity index (χ4n) is 1.97. The van der Waals surface area contributed by atoms with Crippen LogP contribution in [0.15, 0.2) is 0 Å². The van der Waals surface area contributed by atoms with E-state index in [2.05, 4.69) is 10.1 Å². The molecule has 68 valence electrons. The summed E-state index contributed by atoms with van der Waals surface area (Å²) in [4.78, 5) is 11.0. The highest BCUT2D eigenvalue weighted by Gasteiger charge is 2.40. The van der Waals surface area contributed by atoms with E-state index >= 15 is 0 Å². The second-order valence-corrected chi connectivity index (χ2v) is 3.78. The lowest BCUT2D eigenvalue weighted by atomic mass is 9.74. The number of carbonyl (C=O) groups excluding carboxylic acids is 1. The molecule has 2 rings (SSSR count). The highest BCUT2D eigenvalue weighted by Crippen LogP contribution is 2.35. The Morgan fingerprint density at radius 2 is 2.17 bits per heavy atom. The van der Waals surface area contributed by atoms with Gasteiger partial charge in [-0.15, -0.1) is 0 Å². The van der Waals surface area contributed by atoms with Crippen molar-refractivity contribution in [2.45, 2.75) is 37.8 Å². The Kier molecular flexibility index (Phi) is 2.05. The maximum atomic E-state index is 11.0. The summed E-state index contributed by atoms with van der Waals surface area (Å²) >= 11 is 0. The van der Waals surface area contributed by atoms with Gasteiger partial charge >= 0.3 is 5.97 Å². The third-order valence-electron chi connectivity index (χ3n) is 3.11. The fraction of sp³-hybridized carbons (Fsp3) is 0.889. The smallest absolute Gasteiger partial charge is 0.322 e. The van der Waals surface area contributed by atoms with Crippen molar-refractivity contribution >= 4 is 5.97 Å². The molecule has 0 radical (unpaired) electrons. The third-order valence-corrected chi connectivity index (χ3v) is 3.11. The van der Waals surface area contributed by atoms with Crippen molar-refractivity contribution in [3.05, 3.63) is 0 Å². The average molecular weight is 169 g/mol. The van der Waals surface area contributed by atoms with Crippen LogP contribution in [0, 0.1) is 5.92 Å². The zero-order chi connectivity index (χ0) is 8.55. The molecule has 0 bridgehead atoms. The summed E-state index contributed by atoms with van der Waals surface area (Å²) in [6.45, 7) is 0. The number of carbonyl (C=O) groups is 1. The number of methoxy groups -OCH3 is 1. The number of esters is 1. The molecule has 0 aromatic heterocycles. The Balaban J connectivity index is 1.72. The van der Waals surface area contributed by atoms with Crippen LogP contribution in [0.4, 0.5) is 0 Å². The molecule has 1 N–H and O–H groups in total. The van der Waals surface area contributed by atoms with Gasteiger partial charge in [-0.25, -0.2) is 0 Å². The summed E-state index contributed by atoms with van der Waals surface area (Å²) in [7, 11) is 1.45. The van der Waals surface area contributed by atoms with Crippen LogP contribution in [0.5, 0.6) is 0 Å². The van der Waals surface area contributed by atoms with Gasteiger partial charge in [0.15, 0.2) is 0 Å². The highest BCUT2D eigenvalue weighted by molar-refractivity contribution is 5.76. The third kappa shape index (κ3) is 1.22. The van der Waals surface area contributed by atoms with E-state index in [1.165, 1.54) is 26.4 Å². The molecule has 3 nitrogen and oxygen atoms in total. The van der Waals surface area contributed by atoms with E-state index in [9.17, 15) is 4.79 Å². The summed E-state index contributed by atoms with van der Waals surface area (Å²) in [6, 6.07) is 0.587. The fourth-order valence-corrected chi connectivity index (χ4v) is 1.97. The van der Waals surface area contributed by atoms with E-state index in [1.54, 1.807) is 0 Å². The largest absolute Gasteiger partial charge is 0.468 e. The molecular formula is C9H15NO2. The molecule has 1 saturated carbocycles. The summed E-state index contributed by atoms with van der Waals surface area (Å²) in [6.07, 6.45) is 5.03. The van der Waals surface area contributed by atoms with Gasteiger partial charge in [0.2, 0.25) is 0 Å². The first-order valence-corrected chi connectivity index (χ1v) is 4.65. The molecule has 1 heterocycles. The topological polar surface area (TPSA) is 38.3 Å². The van der Waals surface area contributed by atoms with Crippen LogP contribution in [0.3, 0.4) is 0 Å². The number of hydrogen-bond donors (Lipinski definition) is 1. The maximum Gasteiger partial charge on any atom is 0.322 e. The summed E-state index contributed by atoms with van der Waals surface area (Å²) < 4.78 is 4.63. The predicted octanol–water partition coefficient (Wildman–Crippen LogP) is 0.690. The van der Waals surface area contributed by atoms with Crippen LogP contribution < -0.4 is 5.32 Å². The Bertz CT molecular complexity index is 183. The van der Waals surface area contributed by atoms with Crippen molar-refractivity contribution in [2.75, 3.05) is 7.11 Å². The first kappa shape index (κ1) is 8.05. The monoisotopic (exact) mass is 169 g/mol. The lowest BCUT2D eigenvalue weighted by Gasteiger charge is -2.44. The molecule has 0 amide bonds. The highest BCUT2D eigenvalue weighted by atomic mass is 16.5. The van der Waals surface area contributed by atoms with Crippen LogP contribution in [0.1, 0.15) is 25.7 Å². The molecule has 3 heteroatoms. The first-order valence-electron chi connectivity index (χ1n) is 4.65. The van der Waals surface area contributed by atoms with Crippen molar-refractivity contribution in [1.82, 2.24) is 5.32 Å². The minimum absolute atomic E-state index is 0.0133. The Hall–Kier alpha value is -0.570. The van der Waals surface area contributed by atoms with Gasteiger partial charge in [-0.2, -0.15) is 0 Å². The molecular weight excluding hydrogens is 154 g/mol. The van der Waals surface area contributed by atoms with E-state index in [0.717, 1.165) is 12.3 Å². The number of hydrogen-bond acceptors (Lipinski definition) is 3. The van der Waals surface area contributed by atoms with Crippen molar-refractivity contribution in [3.63, 3.8) is 0 Å². The van der Waals surface area contributed by atoms with Crippen LogP contribution in [0.2, 0.25) is 0 Å². The molecule has 2 fully saturated rings. The van der Waals surface area contributed by atoms with Gasteiger partial charge in [0.1, 0.15) is 6.04 Å². The minimum Gasteiger partial charge on any atom is -0.468 e. The minimum atomic E-state index is -0.106.